The summed E-state index contributed by atoms with van der Waals surface area (Å²) < 4.78 is 26.6. The summed E-state index contributed by atoms with van der Waals surface area (Å²) in [6, 6.07) is 7.34. The first-order valence-electron chi connectivity index (χ1n) is 5.28. The van der Waals surface area contributed by atoms with Gasteiger partial charge in [0.1, 0.15) is 0 Å². The highest BCUT2D eigenvalue weighted by Gasteiger charge is 2.47. The van der Waals surface area contributed by atoms with E-state index in [2.05, 4.69) is 4.72 Å². The molecule has 3 rings (SSSR count). The number of sulfonamides is 1. The zero-order valence-electron chi connectivity index (χ0n) is 8.36. The van der Waals surface area contributed by atoms with Crippen molar-refractivity contribution >= 4 is 10.0 Å². The van der Waals surface area contributed by atoms with Gasteiger partial charge in [0.05, 0.1) is 10.4 Å². The maximum atomic E-state index is 11.9. The van der Waals surface area contributed by atoms with Gasteiger partial charge in [0.15, 0.2) is 0 Å². The van der Waals surface area contributed by atoms with E-state index in [1.54, 1.807) is 12.1 Å². The summed E-state index contributed by atoms with van der Waals surface area (Å²) in [7, 11) is -3.25. The summed E-state index contributed by atoms with van der Waals surface area (Å²) in [5.41, 5.74) is 0.692. The second kappa shape index (κ2) is 2.83. The minimum Gasteiger partial charge on any atom is -0.207 e. The molecular formula is C11H13NO2S. The fraction of sp³-hybridized carbons (Fsp3) is 0.455. The molecule has 0 aromatic heterocycles. The van der Waals surface area contributed by atoms with E-state index in [-0.39, 0.29) is 5.54 Å². The van der Waals surface area contributed by atoms with Crippen molar-refractivity contribution in [2.24, 2.45) is 0 Å². The topological polar surface area (TPSA) is 46.2 Å². The summed E-state index contributed by atoms with van der Waals surface area (Å²) in [5.74, 6) is 0. The van der Waals surface area contributed by atoms with Crippen LogP contribution in [0.1, 0.15) is 31.2 Å². The van der Waals surface area contributed by atoms with Crippen molar-refractivity contribution < 1.29 is 8.42 Å². The highest BCUT2D eigenvalue weighted by molar-refractivity contribution is 7.89. The van der Waals surface area contributed by atoms with Gasteiger partial charge in [0.25, 0.3) is 0 Å². The van der Waals surface area contributed by atoms with E-state index in [1.807, 2.05) is 12.1 Å². The van der Waals surface area contributed by atoms with Crippen LogP contribution in [0.15, 0.2) is 29.2 Å². The van der Waals surface area contributed by atoms with Gasteiger partial charge in [-0.1, -0.05) is 31.0 Å². The molecule has 1 fully saturated rings. The molecule has 1 saturated carbocycles. The van der Waals surface area contributed by atoms with Crippen LogP contribution in [0.25, 0.3) is 0 Å². The number of hydrogen-bond donors (Lipinski definition) is 1. The number of benzene rings is 1. The van der Waals surface area contributed by atoms with Crippen LogP contribution in [0.5, 0.6) is 0 Å². The third kappa shape index (κ3) is 1.18. The molecule has 3 nitrogen and oxygen atoms in total. The quantitative estimate of drug-likeness (QED) is 0.728. The molecule has 0 atom stereocenters. The van der Waals surface area contributed by atoms with Crippen LogP contribution in [-0.4, -0.2) is 8.42 Å². The van der Waals surface area contributed by atoms with Crippen LogP contribution in [0.2, 0.25) is 0 Å². The van der Waals surface area contributed by atoms with Crippen molar-refractivity contribution in [2.45, 2.75) is 36.1 Å². The monoisotopic (exact) mass is 223 g/mol. The van der Waals surface area contributed by atoms with Crippen molar-refractivity contribution in [3.05, 3.63) is 29.8 Å². The largest absolute Gasteiger partial charge is 0.241 e. The molecule has 15 heavy (non-hydrogen) atoms. The number of rotatable bonds is 0. The Bertz CT molecular complexity index is 501. The van der Waals surface area contributed by atoms with Gasteiger partial charge in [0.2, 0.25) is 10.0 Å². The van der Waals surface area contributed by atoms with Crippen LogP contribution in [-0.2, 0) is 15.6 Å². The highest BCUT2D eigenvalue weighted by atomic mass is 32.2. The van der Waals surface area contributed by atoms with E-state index in [0.717, 1.165) is 31.2 Å². The van der Waals surface area contributed by atoms with Gasteiger partial charge in [-0.3, -0.25) is 0 Å². The minimum atomic E-state index is -3.25. The zero-order chi connectivity index (χ0) is 10.5. The average molecular weight is 223 g/mol. The Hall–Kier alpha value is -0.870. The number of hydrogen-bond acceptors (Lipinski definition) is 2. The standard InChI is InChI=1S/C11H13NO2S/c13-15(14)10-6-2-1-5-9(10)11(12-15)7-3-4-8-11/h1-2,5-6,12H,3-4,7-8H2. The predicted octanol–water partition coefficient (Wildman–Crippen LogP) is 1.75. The lowest BCUT2D eigenvalue weighted by Gasteiger charge is -2.22. The highest BCUT2D eigenvalue weighted by Crippen LogP contribution is 2.46. The fourth-order valence-electron chi connectivity index (χ4n) is 2.81. The van der Waals surface area contributed by atoms with Crippen LogP contribution < -0.4 is 4.72 Å². The lowest BCUT2D eigenvalue weighted by atomic mass is 9.90. The summed E-state index contributed by atoms with van der Waals surface area (Å²) in [6.45, 7) is 0. The van der Waals surface area contributed by atoms with E-state index in [0.29, 0.717) is 4.90 Å². The Morgan fingerprint density at radius 2 is 1.80 bits per heavy atom. The molecule has 2 aliphatic rings. The molecular weight excluding hydrogens is 210 g/mol. The molecule has 0 radical (unpaired) electrons. The van der Waals surface area contributed by atoms with E-state index in [1.165, 1.54) is 0 Å². The Labute approximate surface area is 89.6 Å². The lowest BCUT2D eigenvalue weighted by molar-refractivity contribution is 0.419. The maximum absolute atomic E-state index is 11.9. The number of fused-ring (bicyclic) bond motifs is 2. The molecule has 4 heteroatoms. The molecule has 1 heterocycles. The Kier molecular flexibility index (Phi) is 1.77. The SMILES string of the molecule is O=S1(=O)NC2(CCCC2)c2ccccc21. The molecule has 1 N–H and O–H groups in total. The Morgan fingerprint density at radius 3 is 2.53 bits per heavy atom. The van der Waals surface area contributed by atoms with Gasteiger partial charge in [0, 0.05) is 0 Å². The van der Waals surface area contributed by atoms with Crippen LogP contribution in [0, 0.1) is 0 Å². The molecule has 0 saturated heterocycles. The molecule has 0 bridgehead atoms. The molecule has 0 unspecified atom stereocenters. The summed E-state index contributed by atoms with van der Waals surface area (Å²) in [5, 5.41) is 0. The van der Waals surface area contributed by atoms with Crippen LogP contribution in [0.4, 0.5) is 0 Å². The Morgan fingerprint density at radius 1 is 1.13 bits per heavy atom. The van der Waals surface area contributed by atoms with Gasteiger partial charge >= 0.3 is 0 Å². The smallest absolute Gasteiger partial charge is 0.207 e. The molecule has 1 aromatic rings. The van der Waals surface area contributed by atoms with Gasteiger partial charge in [-0.05, 0) is 24.5 Å². The van der Waals surface area contributed by atoms with Crippen molar-refractivity contribution in [1.29, 1.82) is 0 Å². The van der Waals surface area contributed by atoms with Crippen LogP contribution in [0.3, 0.4) is 0 Å². The fourth-order valence-corrected chi connectivity index (χ4v) is 4.56. The van der Waals surface area contributed by atoms with Gasteiger partial charge in [-0.15, -0.1) is 0 Å². The van der Waals surface area contributed by atoms with Crippen molar-refractivity contribution in [2.75, 3.05) is 0 Å². The first kappa shape index (κ1) is 9.36. The van der Waals surface area contributed by atoms with E-state index >= 15 is 0 Å². The Balaban J connectivity index is 2.27. The summed E-state index contributed by atoms with van der Waals surface area (Å²) in [6.07, 6.45) is 4.08. The normalized spacial score (nSPS) is 25.6. The minimum absolute atomic E-state index is 0.282. The number of nitrogens with one attached hydrogen (secondary N) is 1. The van der Waals surface area contributed by atoms with E-state index in [4.69, 9.17) is 0 Å². The molecule has 80 valence electrons. The zero-order valence-corrected chi connectivity index (χ0v) is 9.18. The second-order valence-corrected chi connectivity index (χ2v) is 6.04. The van der Waals surface area contributed by atoms with Gasteiger partial charge in [-0.2, -0.15) is 0 Å². The van der Waals surface area contributed by atoms with Crippen molar-refractivity contribution in [3.63, 3.8) is 0 Å². The summed E-state index contributed by atoms with van der Waals surface area (Å²) in [4.78, 5) is 0.479. The first-order chi connectivity index (χ1) is 7.14. The van der Waals surface area contributed by atoms with E-state index in [9.17, 15) is 8.42 Å². The molecule has 1 aliphatic carbocycles. The third-order valence-electron chi connectivity index (χ3n) is 3.48. The molecule has 0 amide bonds. The molecule has 1 aliphatic heterocycles. The molecule has 1 aromatic carbocycles. The maximum Gasteiger partial charge on any atom is 0.241 e. The summed E-state index contributed by atoms with van der Waals surface area (Å²) >= 11 is 0. The van der Waals surface area contributed by atoms with Crippen molar-refractivity contribution in [3.8, 4) is 0 Å². The van der Waals surface area contributed by atoms with Gasteiger partial charge in [-0.25, -0.2) is 13.1 Å². The molecule has 1 spiro atoms. The van der Waals surface area contributed by atoms with Crippen LogP contribution >= 0.6 is 0 Å². The van der Waals surface area contributed by atoms with E-state index < -0.39 is 10.0 Å². The predicted molar refractivity (Wildman–Crippen MR) is 56.9 cm³/mol. The first-order valence-corrected chi connectivity index (χ1v) is 6.76. The average Bonchev–Trinajstić information content (AvgIpc) is 2.74. The van der Waals surface area contributed by atoms with Crippen molar-refractivity contribution in [1.82, 2.24) is 4.72 Å². The third-order valence-corrected chi connectivity index (χ3v) is 5.07. The van der Waals surface area contributed by atoms with Gasteiger partial charge < -0.3 is 0 Å². The lowest BCUT2D eigenvalue weighted by Crippen LogP contribution is -2.36. The second-order valence-electron chi connectivity index (χ2n) is 4.39.